The van der Waals surface area contributed by atoms with Crippen LogP contribution in [0.2, 0.25) is 0 Å². The number of halogens is 2. The van der Waals surface area contributed by atoms with Crippen LogP contribution in [-0.2, 0) is 0 Å². The summed E-state index contributed by atoms with van der Waals surface area (Å²) in [5.41, 5.74) is 1.85. The lowest BCUT2D eigenvalue weighted by Gasteiger charge is -2.09. The van der Waals surface area contributed by atoms with E-state index in [2.05, 4.69) is 10.4 Å². The molecule has 0 spiro atoms. The zero-order chi connectivity index (χ0) is 19.5. The Balaban J connectivity index is 1.76. The molecule has 1 heterocycles. The monoisotopic (exact) mass is 375 g/mol. The van der Waals surface area contributed by atoms with Gasteiger partial charge in [-0.2, -0.15) is 5.10 Å². The van der Waals surface area contributed by atoms with E-state index < -0.39 is 17.5 Å². The van der Waals surface area contributed by atoms with Gasteiger partial charge in [-0.15, -0.1) is 0 Å². The van der Waals surface area contributed by atoms with E-state index in [1.807, 2.05) is 60.7 Å². The van der Waals surface area contributed by atoms with Gasteiger partial charge in [-0.1, -0.05) is 48.5 Å². The van der Waals surface area contributed by atoms with Gasteiger partial charge in [0.15, 0.2) is 0 Å². The second-order valence-corrected chi connectivity index (χ2v) is 6.11. The SMILES string of the molecule is O=C(Nc1cc(-c2ccccc2)nn1-c1ccccc1)c1cc(F)ccc1F. The third-order valence-electron chi connectivity index (χ3n) is 4.19. The summed E-state index contributed by atoms with van der Waals surface area (Å²) in [7, 11) is 0. The highest BCUT2D eigenvalue weighted by Crippen LogP contribution is 2.25. The molecule has 138 valence electrons. The van der Waals surface area contributed by atoms with Gasteiger partial charge in [-0.25, -0.2) is 13.5 Å². The van der Waals surface area contributed by atoms with E-state index in [0.29, 0.717) is 11.5 Å². The van der Waals surface area contributed by atoms with Gasteiger partial charge in [0.1, 0.15) is 17.5 Å². The van der Waals surface area contributed by atoms with Crippen LogP contribution in [-0.4, -0.2) is 15.7 Å². The third-order valence-corrected chi connectivity index (χ3v) is 4.19. The topological polar surface area (TPSA) is 46.9 Å². The van der Waals surface area contributed by atoms with Crippen molar-refractivity contribution in [1.82, 2.24) is 9.78 Å². The first-order chi connectivity index (χ1) is 13.6. The van der Waals surface area contributed by atoms with Crippen molar-refractivity contribution in [2.45, 2.75) is 0 Å². The summed E-state index contributed by atoms with van der Waals surface area (Å²) in [4.78, 5) is 12.6. The second-order valence-electron chi connectivity index (χ2n) is 6.11. The van der Waals surface area contributed by atoms with Crippen LogP contribution in [0.25, 0.3) is 16.9 Å². The maximum Gasteiger partial charge on any atom is 0.259 e. The van der Waals surface area contributed by atoms with Crippen molar-refractivity contribution >= 4 is 11.7 Å². The Bertz CT molecular complexity index is 1130. The Morgan fingerprint density at radius 3 is 2.25 bits per heavy atom. The minimum absolute atomic E-state index is 0.346. The lowest BCUT2D eigenvalue weighted by molar-refractivity contribution is 0.102. The van der Waals surface area contributed by atoms with Crippen molar-refractivity contribution in [3.8, 4) is 16.9 Å². The molecule has 0 saturated heterocycles. The van der Waals surface area contributed by atoms with Crippen LogP contribution in [0.3, 0.4) is 0 Å². The lowest BCUT2D eigenvalue weighted by Crippen LogP contribution is -2.16. The molecule has 0 radical (unpaired) electrons. The molecule has 0 atom stereocenters. The number of hydrogen-bond acceptors (Lipinski definition) is 2. The molecular weight excluding hydrogens is 360 g/mol. The quantitative estimate of drug-likeness (QED) is 0.541. The molecule has 28 heavy (non-hydrogen) atoms. The molecule has 0 fully saturated rings. The fourth-order valence-electron chi connectivity index (χ4n) is 2.84. The average Bonchev–Trinajstić information content (AvgIpc) is 3.15. The van der Waals surface area contributed by atoms with Crippen LogP contribution in [0, 0.1) is 11.6 Å². The second kappa shape index (κ2) is 7.44. The first-order valence-electron chi connectivity index (χ1n) is 8.59. The van der Waals surface area contributed by atoms with Crippen molar-refractivity contribution < 1.29 is 13.6 Å². The molecule has 1 aromatic heterocycles. The molecule has 4 nitrogen and oxygen atoms in total. The number of aromatic nitrogens is 2. The number of carbonyl (C=O) groups excluding carboxylic acids is 1. The van der Waals surface area contributed by atoms with Crippen LogP contribution in [0.4, 0.5) is 14.6 Å². The Kier molecular flexibility index (Phi) is 4.68. The van der Waals surface area contributed by atoms with Crippen LogP contribution in [0.5, 0.6) is 0 Å². The molecule has 0 aliphatic heterocycles. The van der Waals surface area contributed by atoms with E-state index >= 15 is 0 Å². The van der Waals surface area contributed by atoms with Gasteiger partial charge < -0.3 is 5.32 Å². The van der Waals surface area contributed by atoms with E-state index in [0.717, 1.165) is 29.4 Å². The summed E-state index contributed by atoms with van der Waals surface area (Å²) in [6, 6.07) is 23.1. The first-order valence-corrected chi connectivity index (χ1v) is 8.59. The number of anilines is 1. The number of nitrogens with one attached hydrogen (secondary N) is 1. The van der Waals surface area contributed by atoms with Gasteiger partial charge in [0, 0.05) is 11.6 Å². The number of amides is 1. The van der Waals surface area contributed by atoms with E-state index in [-0.39, 0.29) is 5.56 Å². The molecule has 4 rings (SSSR count). The largest absolute Gasteiger partial charge is 0.306 e. The van der Waals surface area contributed by atoms with Crippen LogP contribution < -0.4 is 5.32 Å². The Morgan fingerprint density at radius 2 is 1.54 bits per heavy atom. The van der Waals surface area contributed by atoms with Crippen molar-refractivity contribution in [2.75, 3.05) is 5.32 Å². The number of carbonyl (C=O) groups is 1. The molecule has 0 aliphatic carbocycles. The standard InChI is InChI=1S/C22H15F2N3O/c23-16-11-12-19(24)18(13-16)22(28)25-21-14-20(15-7-3-1-4-8-15)26-27(21)17-9-5-2-6-10-17/h1-14H,(H,25,28). The maximum absolute atomic E-state index is 14.0. The molecule has 0 aliphatic rings. The summed E-state index contributed by atoms with van der Waals surface area (Å²) in [5.74, 6) is -1.89. The van der Waals surface area contributed by atoms with Crippen LogP contribution in [0.1, 0.15) is 10.4 Å². The average molecular weight is 375 g/mol. The van der Waals surface area contributed by atoms with Crippen molar-refractivity contribution in [2.24, 2.45) is 0 Å². The smallest absolute Gasteiger partial charge is 0.259 e. The fourth-order valence-corrected chi connectivity index (χ4v) is 2.84. The van der Waals surface area contributed by atoms with Crippen LogP contribution in [0.15, 0.2) is 84.9 Å². The number of nitrogens with zero attached hydrogens (tertiary/aromatic N) is 2. The first kappa shape index (κ1) is 17.6. The summed E-state index contributed by atoms with van der Waals surface area (Å²) < 4.78 is 29.0. The van der Waals surface area contributed by atoms with E-state index in [1.165, 1.54) is 0 Å². The highest BCUT2D eigenvalue weighted by atomic mass is 19.1. The van der Waals surface area contributed by atoms with Gasteiger partial charge in [0.05, 0.1) is 16.9 Å². The Labute approximate surface area is 160 Å². The molecule has 0 bridgehead atoms. The highest BCUT2D eigenvalue weighted by molar-refractivity contribution is 6.04. The third kappa shape index (κ3) is 3.53. The molecule has 0 unspecified atom stereocenters. The molecule has 1 N–H and O–H groups in total. The van der Waals surface area contributed by atoms with Crippen LogP contribution >= 0.6 is 0 Å². The normalized spacial score (nSPS) is 10.6. The van der Waals surface area contributed by atoms with Gasteiger partial charge >= 0.3 is 0 Å². The number of hydrogen-bond donors (Lipinski definition) is 1. The minimum Gasteiger partial charge on any atom is -0.306 e. The molecule has 6 heteroatoms. The number of rotatable bonds is 4. The van der Waals surface area contributed by atoms with E-state index in [1.54, 1.807) is 10.7 Å². The lowest BCUT2D eigenvalue weighted by atomic mass is 10.1. The molecule has 1 amide bonds. The highest BCUT2D eigenvalue weighted by Gasteiger charge is 2.17. The fraction of sp³-hybridized carbons (Fsp3) is 0. The summed E-state index contributed by atoms with van der Waals surface area (Å²) in [6.07, 6.45) is 0. The van der Waals surface area contributed by atoms with Crippen molar-refractivity contribution in [1.29, 1.82) is 0 Å². The van der Waals surface area contributed by atoms with Crippen molar-refractivity contribution in [3.05, 3.63) is 102 Å². The Hall–Kier alpha value is -3.80. The number of para-hydroxylation sites is 1. The Morgan fingerprint density at radius 1 is 0.857 bits per heavy atom. The summed E-state index contributed by atoms with van der Waals surface area (Å²) in [6.45, 7) is 0. The molecule has 4 aromatic rings. The van der Waals surface area contributed by atoms with Gasteiger partial charge in [-0.3, -0.25) is 4.79 Å². The number of benzene rings is 3. The van der Waals surface area contributed by atoms with E-state index in [9.17, 15) is 13.6 Å². The maximum atomic E-state index is 14.0. The van der Waals surface area contributed by atoms with Gasteiger partial charge in [-0.05, 0) is 30.3 Å². The zero-order valence-corrected chi connectivity index (χ0v) is 14.6. The predicted molar refractivity (Wildman–Crippen MR) is 103 cm³/mol. The summed E-state index contributed by atoms with van der Waals surface area (Å²) in [5, 5.41) is 7.21. The molecule has 3 aromatic carbocycles. The van der Waals surface area contributed by atoms with Crippen molar-refractivity contribution in [3.63, 3.8) is 0 Å². The molecule has 0 saturated carbocycles. The van der Waals surface area contributed by atoms with Gasteiger partial charge in [0.25, 0.3) is 5.91 Å². The predicted octanol–water partition coefficient (Wildman–Crippen LogP) is 5.07. The van der Waals surface area contributed by atoms with Gasteiger partial charge in [0.2, 0.25) is 0 Å². The minimum atomic E-state index is -0.798. The zero-order valence-electron chi connectivity index (χ0n) is 14.6. The summed E-state index contributed by atoms with van der Waals surface area (Å²) >= 11 is 0. The van der Waals surface area contributed by atoms with E-state index in [4.69, 9.17) is 0 Å². The molecular formula is C22H15F2N3O.